The molecule has 0 radical (unpaired) electrons. The summed E-state index contributed by atoms with van der Waals surface area (Å²) >= 11 is 11.3. The van der Waals surface area contributed by atoms with Crippen LogP contribution in [0.2, 0.25) is 10.0 Å². The largest absolute Gasteiger partial charge is 0.484 e. The van der Waals surface area contributed by atoms with Crippen LogP contribution in [0.4, 0.5) is 4.39 Å². The molecule has 11 heteroatoms. The first-order valence-electron chi connectivity index (χ1n) is 8.87. The molecule has 8 nitrogen and oxygen atoms in total. The molecular formula is C19H20Cl2FN3O5. The fraction of sp³-hybridized carbons (Fsp3) is 0.316. The fourth-order valence-corrected chi connectivity index (χ4v) is 2.35. The minimum Gasteiger partial charge on any atom is -0.484 e. The first-order chi connectivity index (χ1) is 14.3. The van der Waals surface area contributed by atoms with Gasteiger partial charge in [0.1, 0.15) is 11.6 Å². The molecule has 0 fully saturated rings. The normalized spacial score (nSPS) is 11.5. The average Bonchev–Trinajstić information content (AvgIpc) is 2.72. The number of aliphatic hydroxyl groups is 1. The van der Waals surface area contributed by atoms with E-state index >= 15 is 0 Å². The highest BCUT2D eigenvalue weighted by atomic mass is 35.5. The third-order valence-corrected chi connectivity index (χ3v) is 4.18. The number of amides is 2. The Morgan fingerprint density at radius 1 is 1.10 bits per heavy atom. The number of aliphatic hydroxyl groups excluding tert-OH is 1. The molecule has 3 N–H and O–H groups in total. The minimum absolute atomic E-state index is 0.00728. The highest BCUT2D eigenvalue weighted by Crippen LogP contribution is 2.20. The monoisotopic (exact) mass is 459 g/mol. The number of pyridine rings is 1. The number of hydrogen-bond donors (Lipinski definition) is 3. The Morgan fingerprint density at radius 3 is 2.53 bits per heavy atom. The second-order valence-corrected chi connectivity index (χ2v) is 6.91. The van der Waals surface area contributed by atoms with Crippen LogP contribution in [0, 0.1) is 5.82 Å². The van der Waals surface area contributed by atoms with Crippen molar-refractivity contribution in [3.63, 3.8) is 0 Å². The van der Waals surface area contributed by atoms with E-state index in [9.17, 15) is 19.1 Å². The fourth-order valence-electron chi connectivity index (χ4n) is 2.12. The molecule has 30 heavy (non-hydrogen) atoms. The molecule has 0 aliphatic rings. The van der Waals surface area contributed by atoms with Gasteiger partial charge in [-0.15, -0.1) is 0 Å². The van der Waals surface area contributed by atoms with Gasteiger partial charge in [-0.2, -0.15) is 0 Å². The molecule has 0 aliphatic heterocycles. The Kier molecular flexibility index (Phi) is 9.59. The molecule has 0 spiro atoms. The summed E-state index contributed by atoms with van der Waals surface area (Å²) in [7, 11) is 0. The first kappa shape index (κ1) is 23.7. The highest BCUT2D eigenvalue weighted by Gasteiger charge is 2.10. The van der Waals surface area contributed by atoms with Gasteiger partial charge in [-0.05, 0) is 24.6 Å². The van der Waals surface area contributed by atoms with Gasteiger partial charge in [0.2, 0.25) is 5.88 Å². The molecular weight excluding hydrogens is 440 g/mol. The SMILES string of the molecule is O=C(COc1ccc(Cl)c(F)c1)NCC[C@H](O)CNC(=O)COc1ccc(Cl)cn1. The Balaban J connectivity index is 1.55. The van der Waals surface area contributed by atoms with Crippen LogP contribution in [0.25, 0.3) is 0 Å². The number of carbonyl (C=O) groups is 2. The van der Waals surface area contributed by atoms with Crippen LogP contribution in [0.1, 0.15) is 6.42 Å². The molecule has 2 aromatic rings. The predicted octanol–water partition coefficient (Wildman–Crippen LogP) is 1.97. The number of hydrogen-bond acceptors (Lipinski definition) is 6. The van der Waals surface area contributed by atoms with E-state index in [4.69, 9.17) is 32.7 Å². The number of nitrogens with one attached hydrogen (secondary N) is 2. The number of aromatic nitrogens is 1. The van der Waals surface area contributed by atoms with Gasteiger partial charge in [0.25, 0.3) is 11.8 Å². The third kappa shape index (κ3) is 8.81. The van der Waals surface area contributed by atoms with Crippen molar-refractivity contribution in [2.24, 2.45) is 0 Å². The van der Waals surface area contributed by atoms with Crippen LogP contribution < -0.4 is 20.1 Å². The molecule has 1 atom stereocenters. The lowest BCUT2D eigenvalue weighted by molar-refractivity contribution is -0.124. The van der Waals surface area contributed by atoms with Gasteiger partial charge in [-0.3, -0.25) is 9.59 Å². The first-order valence-corrected chi connectivity index (χ1v) is 9.62. The van der Waals surface area contributed by atoms with E-state index in [1.54, 1.807) is 6.07 Å². The highest BCUT2D eigenvalue weighted by molar-refractivity contribution is 6.30. The van der Waals surface area contributed by atoms with Crippen LogP contribution in [0.3, 0.4) is 0 Å². The van der Waals surface area contributed by atoms with Crippen molar-refractivity contribution < 1.29 is 28.6 Å². The van der Waals surface area contributed by atoms with Crippen LogP contribution >= 0.6 is 23.2 Å². The Bertz CT molecular complexity index is 855. The Labute approximate surface area is 182 Å². The molecule has 0 bridgehead atoms. The molecule has 1 aromatic heterocycles. The number of halogens is 3. The van der Waals surface area contributed by atoms with Crippen LogP contribution in [0.5, 0.6) is 11.6 Å². The number of ether oxygens (including phenoxy) is 2. The summed E-state index contributed by atoms with van der Waals surface area (Å²) in [6.07, 6.45) is 0.737. The lowest BCUT2D eigenvalue weighted by Gasteiger charge is -2.13. The van der Waals surface area contributed by atoms with Crippen molar-refractivity contribution in [2.75, 3.05) is 26.3 Å². The summed E-state index contributed by atoms with van der Waals surface area (Å²) in [6.45, 7) is -0.420. The molecule has 0 unspecified atom stereocenters. The maximum absolute atomic E-state index is 13.3. The maximum Gasteiger partial charge on any atom is 0.258 e. The van der Waals surface area contributed by atoms with Crippen molar-refractivity contribution >= 4 is 35.0 Å². The average molecular weight is 460 g/mol. The zero-order valence-electron chi connectivity index (χ0n) is 15.7. The third-order valence-electron chi connectivity index (χ3n) is 3.65. The van der Waals surface area contributed by atoms with Gasteiger partial charge in [0.05, 0.1) is 16.1 Å². The lowest BCUT2D eigenvalue weighted by atomic mass is 10.2. The van der Waals surface area contributed by atoms with Crippen LogP contribution in [-0.2, 0) is 9.59 Å². The van der Waals surface area contributed by atoms with Gasteiger partial charge in [-0.25, -0.2) is 9.37 Å². The molecule has 1 aromatic carbocycles. The van der Waals surface area contributed by atoms with E-state index in [2.05, 4.69) is 15.6 Å². The van der Waals surface area contributed by atoms with E-state index in [-0.39, 0.29) is 49.4 Å². The zero-order valence-corrected chi connectivity index (χ0v) is 17.3. The molecule has 1 heterocycles. The minimum atomic E-state index is -0.866. The van der Waals surface area contributed by atoms with E-state index in [1.807, 2.05) is 0 Å². The summed E-state index contributed by atoms with van der Waals surface area (Å²) in [5.74, 6) is -1.09. The number of rotatable bonds is 11. The zero-order chi connectivity index (χ0) is 21.9. The summed E-state index contributed by atoms with van der Waals surface area (Å²) in [4.78, 5) is 27.3. The van der Waals surface area contributed by atoms with Gasteiger partial charge in [-0.1, -0.05) is 23.2 Å². The molecule has 2 rings (SSSR count). The van der Waals surface area contributed by atoms with Crippen molar-refractivity contribution in [2.45, 2.75) is 12.5 Å². The van der Waals surface area contributed by atoms with E-state index < -0.39 is 23.7 Å². The van der Waals surface area contributed by atoms with Gasteiger partial charge >= 0.3 is 0 Å². The van der Waals surface area contributed by atoms with E-state index in [0.29, 0.717) is 5.02 Å². The Morgan fingerprint density at radius 2 is 1.83 bits per heavy atom. The van der Waals surface area contributed by atoms with Gasteiger partial charge in [0, 0.05) is 31.4 Å². The summed E-state index contributed by atoms with van der Waals surface area (Å²) < 4.78 is 23.6. The summed E-state index contributed by atoms with van der Waals surface area (Å²) in [5.41, 5.74) is 0. The number of nitrogens with zero attached hydrogens (tertiary/aromatic N) is 1. The molecule has 0 aliphatic carbocycles. The Hall–Kier alpha value is -2.62. The van der Waals surface area contributed by atoms with Crippen molar-refractivity contribution in [3.05, 3.63) is 52.4 Å². The molecule has 2 amide bonds. The smallest absolute Gasteiger partial charge is 0.258 e. The summed E-state index contributed by atoms with van der Waals surface area (Å²) in [6, 6.07) is 6.96. The quantitative estimate of drug-likeness (QED) is 0.473. The summed E-state index contributed by atoms with van der Waals surface area (Å²) in [5, 5.41) is 15.3. The lowest BCUT2D eigenvalue weighted by Crippen LogP contribution is -2.37. The van der Waals surface area contributed by atoms with Gasteiger partial charge < -0.3 is 25.2 Å². The van der Waals surface area contributed by atoms with Crippen molar-refractivity contribution in [1.82, 2.24) is 15.6 Å². The second-order valence-electron chi connectivity index (χ2n) is 6.06. The van der Waals surface area contributed by atoms with E-state index in [0.717, 1.165) is 6.07 Å². The number of carbonyl (C=O) groups excluding carboxylic acids is 2. The number of benzene rings is 1. The predicted molar refractivity (Wildman–Crippen MR) is 108 cm³/mol. The maximum atomic E-state index is 13.3. The van der Waals surface area contributed by atoms with Crippen LogP contribution in [0.15, 0.2) is 36.5 Å². The topological polar surface area (TPSA) is 110 Å². The second kappa shape index (κ2) is 12.2. The van der Waals surface area contributed by atoms with Crippen LogP contribution in [-0.4, -0.2) is 54.3 Å². The molecule has 0 saturated heterocycles. The molecule has 162 valence electrons. The van der Waals surface area contributed by atoms with E-state index in [1.165, 1.54) is 24.4 Å². The standard InChI is InChI=1S/C19H20Cl2FN3O5/c20-12-1-4-19(25-8-12)30-11-18(28)24-9-13(26)5-6-23-17(27)10-29-14-2-3-15(21)16(22)7-14/h1-4,7-8,13,26H,5-6,9-11H2,(H,23,27)(H,24,28)/t13-/m0/s1. The molecule has 0 saturated carbocycles. The van der Waals surface area contributed by atoms with Crippen molar-refractivity contribution in [1.29, 1.82) is 0 Å². The van der Waals surface area contributed by atoms with Crippen molar-refractivity contribution in [3.8, 4) is 11.6 Å². The van der Waals surface area contributed by atoms with Gasteiger partial charge in [0.15, 0.2) is 13.2 Å².